The Morgan fingerprint density at radius 2 is 2.23 bits per heavy atom. The zero-order valence-corrected chi connectivity index (χ0v) is 8.61. The molecular formula is C8H9BrF2N2. The highest BCUT2D eigenvalue weighted by molar-refractivity contribution is 9.10. The molecule has 13 heavy (non-hydrogen) atoms. The zero-order valence-electron chi connectivity index (χ0n) is 7.02. The summed E-state index contributed by atoms with van der Waals surface area (Å²) in [6.07, 6.45) is 0. The van der Waals surface area contributed by atoms with Crippen LogP contribution in [0.15, 0.2) is 22.8 Å². The highest BCUT2D eigenvalue weighted by Gasteiger charge is 2.32. The monoisotopic (exact) mass is 250 g/mol. The largest absolute Gasteiger partial charge is 0.314 e. The van der Waals surface area contributed by atoms with Crippen molar-refractivity contribution >= 4 is 15.9 Å². The van der Waals surface area contributed by atoms with E-state index in [4.69, 9.17) is 0 Å². The first kappa shape index (κ1) is 10.5. The number of pyridine rings is 1. The van der Waals surface area contributed by atoms with Gasteiger partial charge in [0, 0.05) is 0 Å². The van der Waals surface area contributed by atoms with Gasteiger partial charge in [-0.25, -0.2) is 4.98 Å². The van der Waals surface area contributed by atoms with Crippen LogP contribution in [0.3, 0.4) is 0 Å². The minimum atomic E-state index is -2.92. The quantitative estimate of drug-likeness (QED) is 0.832. The maximum atomic E-state index is 13.2. The van der Waals surface area contributed by atoms with Crippen molar-refractivity contribution in [3.05, 3.63) is 28.5 Å². The summed E-state index contributed by atoms with van der Waals surface area (Å²) in [5.74, 6) is -2.92. The van der Waals surface area contributed by atoms with E-state index < -0.39 is 12.5 Å². The van der Waals surface area contributed by atoms with Gasteiger partial charge in [0.15, 0.2) is 0 Å². The number of halogens is 3. The van der Waals surface area contributed by atoms with Crippen LogP contribution in [-0.2, 0) is 5.92 Å². The van der Waals surface area contributed by atoms with E-state index in [1.165, 1.54) is 19.2 Å². The second-order valence-electron chi connectivity index (χ2n) is 2.58. The van der Waals surface area contributed by atoms with E-state index >= 15 is 0 Å². The summed E-state index contributed by atoms with van der Waals surface area (Å²) < 4.78 is 26.8. The van der Waals surface area contributed by atoms with Crippen LogP contribution in [0.4, 0.5) is 8.78 Å². The van der Waals surface area contributed by atoms with Crippen LogP contribution in [0.5, 0.6) is 0 Å². The molecule has 1 aromatic heterocycles. The van der Waals surface area contributed by atoms with E-state index in [1.54, 1.807) is 6.07 Å². The highest BCUT2D eigenvalue weighted by Crippen LogP contribution is 2.25. The minimum Gasteiger partial charge on any atom is -0.314 e. The van der Waals surface area contributed by atoms with Gasteiger partial charge in [0.2, 0.25) is 0 Å². The predicted molar refractivity (Wildman–Crippen MR) is 49.8 cm³/mol. The Morgan fingerprint density at radius 1 is 1.54 bits per heavy atom. The van der Waals surface area contributed by atoms with Gasteiger partial charge in [0.25, 0.3) is 0 Å². The normalized spacial score (nSPS) is 11.7. The average Bonchev–Trinajstić information content (AvgIpc) is 2.04. The SMILES string of the molecule is CNCC(F)(F)c1cccc(Br)n1. The lowest BCUT2D eigenvalue weighted by atomic mass is 10.2. The van der Waals surface area contributed by atoms with Gasteiger partial charge in [0.1, 0.15) is 10.3 Å². The Kier molecular flexibility index (Phi) is 3.33. The van der Waals surface area contributed by atoms with Crippen molar-refractivity contribution < 1.29 is 8.78 Å². The maximum Gasteiger partial charge on any atom is 0.301 e. The average molecular weight is 251 g/mol. The minimum absolute atomic E-state index is 0.226. The summed E-state index contributed by atoms with van der Waals surface area (Å²) in [4.78, 5) is 3.69. The van der Waals surface area contributed by atoms with Gasteiger partial charge in [-0.15, -0.1) is 0 Å². The molecule has 1 heterocycles. The third kappa shape index (κ3) is 2.70. The van der Waals surface area contributed by atoms with Gasteiger partial charge >= 0.3 is 5.92 Å². The summed E-state index contributed by atoms with van der Waals surface area (Å²) >= 11 is 3.04. The van der Waals surface area contributed by atoms with E-state index in [1.807, 2.05) is 0 Å². The molecule has 0 aromatic carbocycles. The molecule has 1 N–H and O–H groups in total. The highest BCUT2D eigenvalue weighted by atomic mass is 79.9. The van der Waals surface area contributed by atoms with Crippen LogP contribution in [0.1, 0.15) is 5.69 Å². The molecule has 5 heteroatoms. The lowest BCUT2D eigenvalue weighted by molar-refractivity contribution is -0.00586. The van der Waals surface area contributed by atoms with Crippen molar-refractivity contribution in [1.82, 2.24) is 10.3 Å². The number of hydrogen-bond acceptors (Lipinski definition) is 2. The molecule has 1 aromatic rings. The molecule has 0 aliphatic rings. The lowest BCUT2D eigenvalue weighted by Crippen LogP contribution is -2.29. The summed E-state index contributed by atoms with van der Waals surface area (Å²) in [5, 5.41) is 2.42. The predicted octanol–water partition coefficient (Wildman–Crippen LogP) is 2.16. The molecule has 0 fully saturated rings. The van der Waals surface area contributed by atoms with Crippen molar-refractivity contribution in [3.63, 3.8) is 0 Å². The third-order valence-electron chi connectivity index (χ3n) is 1.49. The fourth-order valence-electron chi connectivity index (χ4n) is 0.925. The fraction of sp³-hybridized carbons (Fsp3) is 0.375. The molecule has 0 bridgehead atoms. The van der Waals surface area contributed by atoms with Crippen LogP contribution in [0.2, 0.25) is 0 Å². The Bertz CT molecular complexity index is 291. The Hall–Kier alpha value is -0.550. The molecule has 0 saturated carbocycles. The Balaban J connectivity index is 2.93. The van der Waals surface area contributed by atoms with Gasteiger partial charge in [-0.3, -0.25) is 0 Å². The Labute approximate surface area is 83.5 Å². The third-order valence-corrected chi connectivity index (χ3v) is 1.93. The van der Waals surface area contributed by atoms with Crippen LogP contribution >= 0.6 is 15.9 Å². The Morgan fingerprint density at radius 3 is 2.77 bits per heavy atom. The van der Waals surface area contributed by atoms with E-state index in [0.717, 1.165) is 0 Å². The number of hydrogen-bond donors (Lipinski definition) is 1. The summed E-state index contributed by atoms with van der Waals surface area (Å²) in [6.45, 7) is -0.406. The van der Waals surface area contributed by atoms with Crippen molar-refractivity contribution in [1.29, 1.82) is 0 Å². The van der Waals surface area contributed by atoms with Crippen LogP contribution in [0.25, 0.3) is 0 Å². The summed E-state index contributed by atoms with van der Waals surface area (Å²) in [7, 11) is 1.48. The second kappa shape index (κ2) is 4.11. The van der Waals surface area contributed by atoms with Crippen molar-refractivity contribution in [3.8, 4) is 0 Å². The molecule has 0 saturated heterocycles. The topological polar surface area (TPSA) is 24.9 Å². The molecule has 0 aliphatic carbocycles. The van der Waals surface area contributed by atoms with Crippen LogP contribution in [0, 0.1) is 0 Å². The van der Waals surface area contributed by atoms with Crippen LogP contribution in [-0.4, -0.2) is 18.6 Å². The zero-order chi connectivity index (χ0) is 9.90. The van der Waals surface area contributed by atoms with Gasteiger partial charge in [-0.2, -0.15) is 8.78 Å². The molecular weight excluding hydrogens is 242 g/mol. The number of nitrogens with zero attached hydrogens (tertiary/aromatic N) is 1. The number of alkyl halides is 2. The summed E-state index contributed by atoms with van der Waals surface area (Å²) in [6, 6.07) is 4.46. The van der Waals surface area contributed by atoms with E-state index in [0.29, 0.717) is 4.60 Å². The first-order chi connectivity index (χ1) is 6.06. The van der Waals surface area contributed by atoms with E-state index in [9.17, 15) is 8.78 Å². The smallest absolute Gasteiger partial charge is 0.301 e. The molecule has 0 unspecified atom stereocenters. The standard InChI is InChI=1S/C8H9BrF2N2/c1-12-5-8(10,11)6-3-2-4-7(9)13-6/h2-4,12H,5H2,1H3. The van der Waals surface area contributed by atoms with Gasteiger partial charge in [-0.05, 0) is 35.1 Å². The molecule has 0 aliphatic heterocycles. The van der Waals surface area contributed by atoms with Crippen molar-refractivity contribution in [2.45, 2.75) is 5.92 Å². The molecule has 0 atom stereocenters. The molecule has 1 rings (SSSR count). The maximum absolute atomic E-state index is 13.2. The molecule has 2 nitrogen and oxygen atoms in total. The van der Waals surface area contributed by atoms with Crippen molar-refractivity contribution in [2.24, 2.45) is 0 Å². The van der Waals surface area contributed by atoms with Gasteiger partial charge < -0.3 is 5.32 Å². The van der Waals surface area contributed by atoms with E-state index in [2.05, 4.69) is 26.2 Å². The first-order valence-corrected chi connectivity index (χ1v) is 4.51. The van der Waals surface area contributed by atoms with E-state index in [-0.39, 0.29) is 5.69 Å². The lowest BCUT2D eigenvalue weighted by Gasteiger charge is -2.14. The number of likely N-dealkylation sites (N-methyl/N-ethyl adjacent to an activating group) is 1. The molecule has 72 valence electrons. The number of nitrogens with one attached hydrogen (secondary N) is 1. The van der Waals surface area contributed by atoms with Gasteiger partial charge in [0.05, 0.1) is 6.54 Å². The summed E-state index contributed by atoms with van der Waals surface area (Å²) in [5.41, 5.74) is -0.226. The number of aromatic nitrogens is 1. The molecule has 0 amide bonds. The number of rotatable bonds is 3. The molecule has 0 spiro atoms. The second-order valence-corrected chi connectivity index (χ2v) is 3.39. The molecule has 0 radical (unpaired) electrons. The van der Waals surface area contributed by atoms with Gasteiger partial charge in [-0.1, -0.05) is 6.07 Å². The van der Waals surface area contributed by atoms with Crippen LogP contribution < -0.4 is 5.32 Å². The first-order valence-electron chi connectivity index (χ1n) is 3.72. The van der Waals surface area contributed by atoms with Crippen molar-refractivity contribution in [2.75, 3.05) is 13.6 Å². The fourth-order valence-corrected chi connectivity index (χ4v) is 1.27.